The average molecular weight is 262 g/mol. The molecule has 0 spiro atoms. The molecule has 1 aliphatic carbocycles. The fraction of sp³-hybridized carbons (Fsp3) is 0.143. The van der Waals surface area contributed by atoms with E-state index in [0.29, 0.717) is 11.1 Å². The summed E-state index contributed by atoms with van der Waals surface area (Å²) in [6.45, 7) is 1.49. The number of benzene rings is 1. The molecular formula is C14H11FO4. The maximum Gasteiger partial charge on any atom is 0.339 e. The van der Waals surface area contributed by atoms with Crippen molar-refractivity contribution in [3.8, 4) is 0 Å². The highest BCUT2D eigenvalue weighted by Crippen LogP contribution is 2.32. The number of halogens is 1. The quantitative estimate of drug-likeness (QED) is 0.858. The van der Waals surface area contributed by atoms with Gasteiger partial charge in [-0.05, 0) is 30.2 Å². The van der Waals surface area contributed by atoms with E-state index in [1.54, 1.807) is 0 Å². The summed E-state index contributed by atoms with van der Waals surface area (Å²) in [6, 6.07) is 4.96. The van der Waals surface area contributed by atoms with Crippen LogP contribution in [0.5, 0.6) is 0 Å². The third-order valence-electron chi connectivity index (χ3n) is 2.95. The van der Waals surface area contributed by atoms with Crippen molar-refractivity contribution in [3.05, 3.63) is 52.6 Å². The Kier molecular flexibility index (Phi) is 3.21. The predicted octanol–water partition coefficient (Wildman–Crippen LogP) is 2.47. The second-order valence-electron chi connectivity index (χ2n) is 4.29. The Hall–Kier alpha value is -2.43. The largest absolute Gasteiger partial charge is 0.506 e. The summed E-state index contributed by atoms with van der Waals surface area (Å²) in [4.78, 5) is 23.0. The normalized spacial score (nSPS) is 16.0. The van der Waals surface area contributed by atoms with Crippen molar-refractivity contribution in [1.82, 2.24) is 0 Å². The van der Waals surface area contributed by atoms with Crippen LogP contribution in [-0.2, 0) is 9.59 Å². The van der Waals surface area contributed by atoms with Crippen molar-refractivity contribution >= 4 is 17.3 Å². The smallest absolute Gasteiger partial charge is 0.339 e. The molecule has 2 N–H and O–H groups in total. The molecule has 0 aliphatic heterocycles. The van der Waals surface area contributed by atoms with E-state index in [0.717, 1.165) is 12.1 Å². The molecule has 98 valence electrons. The van der Waals surface area contributed by atoms with Gasteiger partial charge in [-0.1, -0.05) is 12.1 Å². The maximum atomic E-state index is 12.8. The highest BCUT2D eigenvalue weighted by molar-refractivity contribution is 6.25. The zero-order valence-corrected chi connectivity index (χ0v) is 10.1. The van der Waals surface area contributed by atoms with Gasteiger partial charge in [-0.25, -0.2) is 9.18 Å². The number of ketones is 1. The SMILES string of the molecule is CC1=C(C(=O)O)C(O)=C(c2ccc(F)cc2)C(=O)C1. The second-order valence-corrected chi connectivity index (χ2v) is 4.29. The molecule has 5 heteroatoms. The van der Waals surface area contributed by atoms with E-state index in [1.807, 2.05) is 0 Å². The number of carboxylic acid groups (broad SMARTS) is 1. The third kappa shape index (κ3) is 2.27. The lowest BCUT2D eigenvalue weighted by molar-refractivity contribution is -0.132. The van der Waals surface area contributed by atoms with Gasteiger partial charge < -0.3 is 10.2 Å². The van der Waals surface area contributed by atoms with Gasteiger partial charge in [-0.3, -0.25) is 4.79 Å². The number of carbonyl (C=O) groups excluding carboxylic acids is 1. The van der Waals surface area contributed by atoms with Gasteiger partial charge >= 0.3 is 5.97 Å². The summed E-state index contributed by atoms with van der Waals surface area (Å²) in [5, 5.41) is 19.0. The number of aliphatic carboxylic acids is 1. The van der Waals surface area contributed by atoms with Crippen LogP contribution in [0, 0.1) is 5.82 Å². The first-order valence-electron chi connectivity index (χ1n) is 5.57. The molecule has 1 aromatic carbocycles. The molecule has 0 unspecified atom stereocenters. The first kappa shape index (κ1) is 13.0. The molecule has 0 heterocycles. The summed E-state index contributed by atoms with van der Waals surface area (Å²) < 4.78 is 12.8. The number of hydrogen-bond donors (Lipinski definition) is 2. The van der Waals surface area contributed by atoms with Crippen LogP contribution < -0.4 is 0 Å². The Balaban J connectivity index is 2.62. The Morgan fingerprint density at radius 3 is 2.37 bits per heavy atom. The zero-order valence-electron chi connectivity index (χ0n) is 10.1. The van der Waals surface area contributed by atoms with Gasteiger partial charge in [0.15, 0.2) is 5.78 Å². The van der Waals surface area contributed by atoms with E-state index in [2.05, 4.69) is 0 Å². The summed E-state index contributed by atoms with van der Waals surface area (Å²) in [5.74, 6) is -2.71. The first-order valence-corrected chi connectivity index (χ1v) is 5.57. The summed E-state index contributed by atoms with van der Waals surface area (Å²) in [6.07, 6.45) is -0.0710. The van der Waals surface area contributed by atoms with Crippen LogP contribution in [0.1, 0.15) is 18.9 Å². The van der Waals surface area contributed by atoms with Gasteiger partial charge in [0, 0.05) is 6.42 Å². The standard InChI is InChI=1S/C14H11FO4/c1-7-6-10(16)12(13(17)11(7)14(18)19)8-2-4-9(15)5-3-8/h2-5,17H,6H2,1H3,(H,18,19). The number of aliphatic hydroxyl groups excluding tert-OH is 1. The Morgan fingerprint density at radius 2 is 1.84 bits per heavy atom. The number of carbonyl (C=O) groups is 2. The van der Waals surface area contributed by atoms with Crippen LogP contribution in [0.2, 0.25) is 0 Å². The van der Waals surface area contributed by atoms with E-state index < -0.39 is 17.5 Å². The number of rotatable bonds is 2. The molecule has 0 aromatic heterocycles. The molecule has 0 atom stereocenters. The third-order valence-corrected chi connectivity index (χ3v) is 2.95. The average Bonchev–Trinajstić information content (AvgIpc) is 2.30. The number of allylic oxidation sites excluding steroid dienone is 2. The lowest BCUT2D eigenvalue weighted by atomic mass is 9.87. The molecule has 0 radical (unpaired) electrons. The first-order chi connectivity index (χ1) is 8.91. The van der Waals surface area contributed by atoms with Crippen molar-refractivity contribution in [2.45, 2.75) is 13.3 Å². The van der Waals surface area contributed by atoms with Gasteiger partial charge in [0.2, 0.25) is 0 Å². The second kappa shape index (κ2) is 4.68. The van der Waals surface area contributed by atoms with E-state index >= 15 is 0 Å². The monoisotopic (exact) mass is 262 g/mol. The van der Waals surface area contributed by atoms with Crippen LogP contribution in [-0.4, -0.2) is 22.0 Å². The molecule has 0 fully saturated rings. The van der Waals surface area contributed by atoms with E-state index in [9.17, 15) is 19.1 Å². The highest BCUT2D eigenvalue weighted by Gasteiger charge is 2.30. The number of Topliss-reactive ketones (excluding diaryl/α,β-unsaturated/α-hetero) is 1. The summed E-state index contributed by atoms with van der Waals surface area (Å²) in [5.41, 5.74) is 0.262. The molecule has 1 aromatic rings. The van der Waals surface area contributed by atoms with Gasteiger partial charge in [-0.15, -0.1) is 0 Å². The molecule has 19 heavy (non-hydrogen) atoms. The topological polar surface area (TPSA) is 74.6 Å². The lowest BCUT2D eigenvalue weighted by Crippen LogP contribution is -2.18. The number of aliphatic hydroxyl groups is 1. The minimum absolute atomic E-state index is 0.0710. The molecule has 0 bridgehead atoms. The van der Waals surface area contributed by atoms with Gasteiger partial charge in [0.05, 0.1) is 5.57 Å². The molecule has 2 rings (SSSR count). The highest BCUT2D eigenvalue weighted by atomic mass is 19.1. The maximum absolute atomic E-state index is 12.8. The Morgan fingerprint density at radius 1 is 1.26 bits per heavy atom. The van der Waals surface area contributed by atoms with Crippen molar-refractivity contribution in [3.63, 3.8) is 0 Å². The summed E-state index contributed by atoms with van der Waals surface area (Å²) >= 11 is 0. The van der Waals surface area contributed by atoms with Crippen LogP contribution >= 0.6 is 0 Å². The summed E-state index contributed by atoms with van der Waals surface area (Å²) in [7, 11) is 0. The molecule has 0 saturated carbocycles. The zero-order chi connectivity index (χ0) is 14.2. The van der Waals surface area contributed by atoms with Crippen LogP contribution in [0.4, 0.5) is 4.39 Å². The van der Waals surface area contributed by atoms with E-state index in [-0.39, 0.29) is 23.4 Å². The molecule has 4 nitrogen and oxygen atoms in total. The molecule has 1 aliphatic rings. The van der Waals surface area contributed by atoms with Crippen molar-refractivity contribution in [1.29, 1.82) is 0 Å². The Bertz CT molecular complexity index is 623. The number of carboxylic acids is 1. The minimum atomic E-state index is -1.29. The van der Waals surface area contributed by atoms with Gasteiger partial charge in [0.1, 0.15) is 17.1 Å². The van der Waals surface area contributed by atoms with Crippen LogP contribution in [0.25, 0.3) is 5.57 Å². The van der Waals surface area contributed by atoms with Crippen molar-refractivity contribution in [2.75, 3.05) is 0 Å². The van der Waals surface area contributed by atoms with E-state index in [4.69, 9.17) is 5.11 Å². The van der Waals surface area contributed by atoms with Crippen molar-refractivity contribution in [2.24, 2.45) is 0 Å². The van der Waals surface area contributed by atoms with Crippen LogP contribution in [0.15, 0.2) is 41.2 Å². The predicted molar refractivity (Wildman–Crippen MR) is 65.9 cm³/mol. The fourth-order valence-electron chi connectivity index (χ4n) is 2.07. The molecular weight excluding hydrogens is 251 g/mol. The minimum Gasteiger partial charge on any atom is -0.506 e. The van der Waals surface area contributed by atoms with Crippen LogP contribution in [0.3, 0.4) is 0 Å². The van der Waals surface area contributed by atoms with E-state index in [1.165, 1.54) is 19.1 Å². The van der Waals surface area contributed by atoms with Crippen molar-refractivity contribution < 1.29 is 24.2 Å². The molecule has 0 amide bonds. The fourth-order valence-corrected chi connectivity index (χ4v) is 2.07. The van der Waals surface area contributed by atoms with Gasteiger partial charge in [-0.2, -0.15) is 0 Å². The number of hydrogen-bond acceptors (Lipinski definition) is 3. The van der Waals surface area contributed by atoms with Gasteiger partial charge in [0.25, 0.3) is 0 Å². The Labute approximate surface area is 108 Å². The lowest BCUT2D eigenvalue weighted by Gasteiger charge is -2.18. The molecule has 0 saturated heterocycles.